The summed E-state index contributed by atoms with van der Waals surface area (Å²) in [7, 11) is 0. The van der Waals surface area contributed by atoms with Crippen LogP contribution in [-0.4, -0.2) is 15.6 Å². The maximum atomic E-state index is 12.1. The minimum absolute atomic E-state index is 0.179. The predicted molar refractivity (Wildman–Crippen MR) is 74.3 cm³/mol. The van der Waals surface area contributed by atoms with Gasteiger partial charge in [-0.25, -0.2) is 0 Å². The molecule has 2 aromatic heterocycles. The topological polar surface area (TPSA) is 80.6 Å². The molecule has 0 aromatic carbocycles. The molecule has 5 nitrogen and oxygen atoms in total. The molecule has 7 heteroatoms. The fourth-order valence-corrected chi connectivity index (χ4v) is 2.96. The molecule has 94 valence electrons. The van der Waals surface area contributed by atoms with Gasteiger partial charge in [0.2, 0.25) is 0 Å². The number of pyridine rings is 1. The number of amidine groups is 1. The molecule has 0 radical (unpaired) electrons. The summed E-state index contributed by atoms with van der Waals surface area (Å²) >= 11 is 4.92. The number of aromatic nitrogens is 1. The third-order valence-corrected chi connectivity index (χ3v) is 4.03. The highest BCUT2D eigenvalue weighted by Gasteiger charge is 2.08. The van der Waals surface area contributed by atoms with Crippen LogP contribution < -0.4 is 11.3 Å². The van der Waals surface area contributed by atoms with Crippen molar-refractivity contribution in [2.45, 2.75) is 6.54 Å². The summed E-state index contributed by atoms with van der Waals surface area (Å²) in [4.78, 5) is 13.1. The summed E-state index contributed by atoms with van der Waals surface area (Å²) in [5.41, 5.74) is 5.35. The molecule has 2 aromatic rings. The van der Waals surface area contributed by atoms with Gasteiger partial charge in [0.05, 0.1) is 12.1 Å². The zero-order valence-corrected chi connectivity index (χ0v) is 11.6. The van der Waals surface area contributed by atoms with E-state index in [2.05, 4.69) is 21.1 Å². The van der Waals surface area contributed by atoms with Gasteiger partial charge in [-0.15, -0.1) is 11.3 Å². The van der Waals surface area contributed by atoms with Crippen LogP contribution in [-0.2, 0) is 6.54 Å². The van der Waals surface area contributed by atoms with E-state index in [4.69, 9.17) is 10.9 Å². The quantitative estimate of drug-likeness (QED) is 0.390. The van der Waals surface area contributed by atoms with Crippen LogP contribution in [0.15, 0.2) is 44.2 Å². The van der Waals surface area contributed by atoms with E-state index < -0.39 is 0 Å². The van der Waals surface area contributed by atoms with Gasteiger partial charge in [0.1, 0.15) is 0 Å². The second kappa shape index (κ2) is 5.36. The number of hydrogen-bond acceptors (Lipinski definition) is 4. The van der Waals surface area contributed by atoms with Crippen LogP contribution in [0.1, 0.15) is 10.4 Å². The van der Waals surface area contributed by atoms with E-state index in [1.165, 1.54) is 10.6 Å². The van der Waals surface area contributed by atoms with Gasteiger partial charge in [-0.2, -0.15) is 0 Å². The van der Waals surface area contributed by atoms with E-state index in [1.807, 2.05) is 11.4 Å². The Morgan fingerprint density at radius 1 is 1.61 bits per heavy atom. The minimum atomic E-state index is -0.280. The number of nitrogens with two attached hydrogens (primary N) is 1. The van der Waals surface area contributed by atoms with Crippen molar-refractivity contribution in [2.24, 2.45) is 10.9 Å². The molecule has 2 heterocycles. The molecule has 0 fully saturated rings. The lowest BCUT2D eigenvalue weighted by Gasteiger charge is -2.05. The maximum Gasteiger partial charge on any atom is 0.262 e. The summed E-state index contributed by atoms with van der Waals surface area (Å²) in [6.07, 6.45) is 1.67. The number of thiophene rings is 1. The normalized spacial score (nSPS) is 11.7. The van der Waals surface area contributed by atoms with Crippen molar-refractivity contribution in [1.29, 1.82) is 0 Å². The Bertz CT molecular complexity index is 648. The van der Waals surface area contributed by atoms with Crippen molar-refractivity contribution in [3.05, 3.63) is 55.0 Å². The Hall–Kier alpha value is -1.60. The molecule has 0 aliphatic rings. The molecule has 0 saturated heterocycles. The van der Waals surface area contributed by atoms with Crippen LogP contribution in [0, 0.1) is 0 Å². The third-order valence-electron chi connectivity index (χ3n) is 2.35. The van der Waals surface area contributed by atoms with Crippen molar-refractivity contribution < 1.29 is 5.21 Å². The largest absolute Gasteiger partial charge is 0.409 e. The first-order valence-electron chi connectivity index (χ1n) is 5.02. The lowest BCUT2D eigenvalue weighted by molar-refractivity contribution is 0.318. The molecule has 0 aliphatic heterocycles. The van der Waals surface area contributed by atoms with Crippen LogP contribution >= 0.6 is 27.3 Å². The average molecular weight is 328 g/mol. The lowest BCUT2D eigenvalue weighted by atomic mass is 10.2. The van der Waals surface area contributed by atoms with Gasteiger partial charge in [-0.1, -0.05) is 5.16 Å². The Morgan fingerprint density at radius 2 is 2.39 bits per heavy atom. The molecule has 0 saturated carbocycles. The second-order valence-electron chi connectivity index (χ2n) is 3.57. The van der Waals surface area contributed by atoms with Gasteiger partial charge in [0.15, 0.2) is 5.84 Å². The summed E-state index contributed by atoms with van der Waals surface area (Å²) in [6, 6.07) is 5.17. The molecule has 0 aliphatic carbocycles. The van der Waals surface area contributed by atoms with Gasteiger partial charge < -0.3 is 15.5 Å². The summed E-state index contributed by atoms with van der Waals surface area (Å²) < 4.78 is 2.51. The number of rotatable bonds is 3. The zero-order chi connectivity index (χ0) is 13.1. The van der Waals surface area contributed by atoms with Crippen molar-refractivity contribution in [3.8, 4) is 0 Å². The van der Waals surface area contributed by atoms with Gasteiger partial charge in [0.25, 0.3) is 5.56 Å². The Labute approximate surface area is 115 Å². The fraction of sp³-hybridized carbons (Fsp3) is 0.0909. The lowest BCUT2D eigenvalue weighted by Crippen LogP contribution is -2.29. The Kier molecular flexibility index (Phi) is 3.83. The molecular formula is C11H10BrN3O2S. The van der Waals surface area contributed by atoms with Gasteiger partial charge in [-0.3, -0.25) is 4.79 Å². The first kappa shape index (κ1) is 12.8. The summed E-state index contributed by atoms with van der Waals surface area (Å²) in [6.45, 7) is 0.460. The standard InChI is InChI=1S/C11H10BrN3O2S/c12-7-4-8(18-6-7)5-15-3-1-2-9(11(15)16)10(13)14-17/h1-4,6,17H,5H2,(H2,13,14). The van der Waals surface area contributed by atoms with Crippen LogP contribution in [0.25, 0.3) is 0 Å². The van der Waals surface area contributed by atoms with Crippen LogP contribution in [0.5, 0.6) is 0 Å². The van der Waals surface area contributed by atoms with Crippen molar-refractivity contribution in [1.82, 2.24) is 4.57 Å². The van der Waals surface area contributed by atoms with E-state index in [-0.39, 0.29) is 17.0 Å². The van der Waals surface area contributed by atoms with Gasteiger partial charge >= 0.3 is 0 Å². The molecule has 18 heavy (non-hydrogen) atoms. The monoisotopic (exact) mass is 327 g/mol. The van der Waals surface area contributed by atoms with Crippen molar-refractivity contribution >= 4 is 33.1 Å². The van der Waals surface area contributed by atoms with E-state index in [0.29, 0.717) is 6.54 Å². The van der Waals surface area contributed by atoms with E-state index >= 15 is 0 Å². The summed E-state index contributed by atoms with van der Waals surface area (Å²) in [5.74, 6) is -0.179. The minimum Gasteiger partial charge on any atom is -0.409 e. The molecular weight excluding hydrogens is 318 g/mol. The van der Waals surface area contributed by atoms with E-state index in [1.54, 1.807) is 23.6 Å². The van der Waals surface area contributed by atoms with E-state index in [9.17, 15) is 4.79 Å². The van der Waals surface area contributed by atoms with E-state index in [0.717, 1.165) is 9.35 Å². The average Bonchev–Trinajstić information content (AvgIpc) is 2.76. The van der Waals surface area contributed by atoms with Crippen molar-refractivity contribution in [3.63, 3.8) is 0 Å². The first-order valence-corrected chi connectivity index (χ1v) is 6.69. The third kappa shape index (κ3) is 2.62. The van der Waals surface area contributed by atoms with Crippen LogP contribution in [0.3, 0.4) is 0 Å². The Balaban J connectivity index is 2.38. The number of nitrogens with zero attached hydrogens (tertiary/aromatic N) is 2. The zero-order valence-electron chi connectivity index (χ0n) is 9.21. The highest BCUT2D eigenvalue weighted by atomic mass is 79.9. The number of halogens is 1. The molecule has 2 rings (SSSR count). The predicted octanol–water partition coefficient (Wildman–Crippen LogP) is 1.82. The first-order chi connectivity index (χ1) is 8.61. The number of hydrogen-bond donors (Lipinski definition) is 2. The fourth-order valence-electron chi connectivity index (χ4n) is 1.51. The molecule has 0 amide bonds. The highest BCUT2D eigenvalue weighted by molar-refractivity contribution is 9.10. The second-order valence-corrected chi connectivity index (χ2v) is 5.48. The van der Waals surface area contributed by atoms with Crippen molar-refractivity contribution in [2.75, 3.05) is 0 Å². The molecule has 0 bridgehead atoms. The molecule has 0 spiro atoms. The smallest absolute Gasteiger partial charge is 0.262 e. The summed E-state index contributed by atoms with van der Waals surface area (Å²) in [5, 5.41) is 13.4. The van der Waals surface area contributed by atoms with Crippen LogP contribution in [0.4, 0.5) is 0 Å². The Morgan fingerprint density at radius 3 is 3.00 bits per heavy atom. The number of oxime groups is 1. The van der Waals surface area contributed by atoms with Gasteiger partial charge in [0, 0.05) is 20.9 Å². The molecule has 3 N–H and O–H groups in total. The highest BCUT2D eigenvalue weighted by Crippen LogP contribution is 2.20. The molecule has 0 atom stereocenters. The van der Waals surface area contributed by atoms with Crippen LogP contribution in [0.2, 0.25) is 0 Å². The SMILES string of the molecule is N/C(=N/O)c1cccn(Cc2cc(Br)cs2)c1=O. The van der Waals surface area contributed by atoms with Gasteiger partial charge in [-0.05, 0) is 34.1 Å². The molecule has 0 unspecified atom stereocenters. The maximum absolute atomic E-state index is 12.1.